The number of rotatable bonds is 2. The highest BCUT2D eigenvalue weighted by atomic mass is 16.6. The molecule has 1 saturated heterocycles. The molecule has 0 amide bonds. The van der Waals surface area contributed by atoms with Gasteiger partial charge in [0.25, 0.3) is 0 Å². The van der Waals surface area contributed by atoms with Crippen LogP contribution in [0.1, 0.15) is 6.42 Å². The fraction of sp³-hybridized carbons (Fsp3) is 0.778. The van der Waals surface area contributed by atoms with E-state index in [-0.39, 0.29) is 24.0 Å². The second-order valence-electron chi connectivity index (χ2n) is 4.36. The molecule has 1 heterocycles. The summed E-state index contributed by atoms with van der Waals surface area (Å²) in [7, 11) is 0. The van der Waals surface area contributed by atoms with E-state index in [1.165, 1.54) is 0 Å². The molecule has 2 aliphatic carbocycles. The molecule has 0 aromatic rings. The monoisotopic (exact) mass is 198 g/mol. The topological polar surface area (TPSA) is 87.1 Å². The predicted octanol–water partition coefficient (Wildman–Crippen LogP) is -0.195. The third-order valence-electron chi connectivity index (χ3n) is 3.83. The summed E-state index contributed by atoms with van der Waals surface area (Å²) >= 11 is 0. The summed E-state index contributed by atoms with van der Waals surface area (Å²) < 4.78 is 5.27. The minimum atomic E-state index is -0.987. The average molecular weight is 198 g/mol. The van der Waals surface area contributed by atoms with E-state index < -0.39 is 23.8 Å². The summed E-state index contributed by atoms with van der Waals surface area (Å²) in [5.41, 5.74) is 0. The molecule has 0 unspecified atom stereocenters. The molecule has 3 aliphatic rings. The highest BCUT2D eigenvalue weighted by Crippen LogP contribution is 2.61. The Kier molecular flexibility index (Phi) is 1.34. The fourth-order valence-corrected chi connectivity index (χ4v) is 3.32. The normalized spacial score (nSPS) is 52.9. The van der Waals surface area contributed by atoms with Gasteiger partial charge in [0.1, 0.15) is 0 Å². The molecule has 76 valence electrons. The highest BCUT2D eigenvalue weighted by Gasteiger charge is 2.70. The first-order valence-electron chi connectivity index (χ1n) is 4.72. The van der Waals surface area contributed by atoms with Crippen molar-refractivity contribution in [3.63, 3.8) is 0 Å². The van der Waals surface area contributed by atoms with Crippen molar-refractivity contribution < 1.29 is 24.5 Å². The van der Waals surface area contributed by atoms with Crippen LogP contribution in [0.25, 0.3) is 0 Å². The molecule has 3 rings (SSSR count). The molecule has 6 atom stereocenters. The number of aliphatic carboxylic acids is 2. The lowest BCUT2D eigenvalue weighted by Gasteiger charge is -2.21. The van der Waals surface area contributed by atoms with Crippen molar-refractivity contribution in [2.75, 3.05) is 0 Å². The van der Waals surface area contributed by atoms with Crippen LogP contribution in [0.15, 0.2) is 0 Å². The van der Waals surface area contributed by atoms with Gasteiger partial charge in [-0.2, -0.15) is 0 Å². The standard InChI is InChI=1S/C9H10O5/c10-8(11)4-2-1-3(5(4)9(12)13)7-6(2)14-7/h2-7H,1H2,(H,10,11)(H,12,13)/t2-,3-,4+,5+,6-,7+/m0/s1. The Balaban J connectivity index is 1.95. The van der Waals surface area contributed by atoms with E-state index in [0.29, 0.717) is 6.42 Å². The van der Waals surface area contributed by atoms with Crippen molar-refractivity contribution >= 4 is 11.9 Å². The lowest BCUT2D eigenvalue weighted by molar-refractivity contribution is -0.155. The maximum atomic E-state index is 11.0. The molecule has 2 bridgehead atoms. The Labute approximate surface area is 79.7 Å². The Morgan fingerprint density at radius 2 is 1.43 bits per heavy atom. The molecule has 0 radical (unpaired) electrons. The second-order valence-corrected chi connectivity index (χ2v) is 4.36. The molecular weight excluding hydrogens is 188 g/mol. The van der Waals surface area contributed by atoms with E-state index in [2.05, 4.69) is 0 Å². The minimum Gasteiger partial charge on any atom is -0.481 e. The van der Waals surface area contributed by atoms with Crippen LogP contribution < -0.4 is 0 Å². The first-order valence-corrected chi connectivity index (χ1v) is 4.72. The van der Waals surface area contributed by atoms with Crippen LogP contribution in [0.2, 0.25) is 0 Å². The smallest absolute Gasteiger partial charge is 0.307 e. The van der Waals surface area contributed by atoms with Crippen LogP contribution in [-0.2, 0) is 14.3 Å². The Bertz CT molecular complexity index is 295. The number of carboxylic acids is 2. The maximum Gasteiger partial charge on any atom is 0.307 e. The number of hydrogen-bond acceptors (Lipinski definition) is 3. The number of carboxylic acid groups (broad SMARTS) is 2. The quantitative estimate of drug-likeness (QED) is 0.600. The van der Waals surface area contributed by atoms with E-state index in [1.54, 1.807) is 0 Å². The molecule has 14 heavy (non-hydrogen) atoms. The fourth-order valence-electron chi connectivity index (χ4n) is 3.32. The van der Waals surface area contributed by atoms with Crippen LogP contribution in [0, 0.1) is 23.7 Å². The maximum absolute atomic E-state index is 11.0. The number of hydrogen-bond donors (Lipinski definition) is 2. The summed E-state index contributed by atoms with van der Waals surface area (Å²) in [6.45, 7) is 0. The first-order chi connectivity index (χ1) is 6.61. The molecule has 5 heteroatoms. The van der Waals surface area contributed by atoms with Gasteiger partial charge in [-0.25, -0.2) is 0 Å². The lowest BCUT2D eigenvalue weighted by atomic mass is 9.79. The third-order valence-corrected chi connectivity index (χ3v) is 3.83. The highest BCUT2D eigenvalue weighted by molar-refractivity contribution is 5.82. The molecule has 2 N–H and O–H groups in total. The van der Waals surface area contributed by atoms with Gasteiger partial charge in [0.05, 0.1) is 24.0 Å². The van der Waals surface area contributed by atoms with Gasteiger partial charge in [-0.3, -0.25) is 9.59 Å². The van der Waals surface area contributed by atoms with Crippen molar-refractivity contribution in [1.82, 2.24) is 0 Å². The van der Waals surface area contributed by atoms with E-state index in [9.17, 15) is 9.59 Å². The molecule has 0 aromatic heterocycles. The summed E-state index contributed by atoms with van der Waals surface area (Å²) in [4.78, 5) is 21.9. The molecular formula is C9H10O5. The Morgan fingerprint density at radius 1 is 1.00 bits per heavy atom. The van der Waals surface area contributed by atoms with Crippen molar-refractivity contribution in [2.45, 2.75) is 18.6 Å². The van der Waals surface area contributed by atoms with Crippen LogP contribution in [0.4, 0.5) is 0 Å². The van der Waals surface area contributed by atoms with Crippen molar-refractivity contribution in [3.05, 3.63) is 0 Å². The summed E-state index contributed by atoms with van der Waals surface area (Å²) in [5.74, 6) is -3.58. The largest absolute Gasteiger partial charge is 0.481 e. The predicted molar refractivity (Wildman–Crippen MR) is 42.5 cm³/mol. The Hall–Kier alpha value is -1.10. The molecule has 2 saturated carbocycles. The number of epoxide rings is 1. The van der Waals surface area contributed by atoms with Crippen LogP contribution in [-0.4, -0.2) is 34.4 Å². The van der Waals surface area contributed by atoms with Crippen molar-refractivity contribution in [2.24, 2.45) is 23.7 Å². The van der Waals surface area contributed by atoms with Gasteiger partial charge in [-0.05, 0) is 6.42 Å². The van der Waals surface area contributed by atoms with Crippen molar-refractivity contribution in [3.8, 4) is 0 Å². The molecule has 0 spiro atoms. The molecule has 1 aliphatic heterocycles. The van der Waals surface area contributed by atoms with Crippen LogP contribution in [0.5, 0.6) is 0 Å². The van der Waals surface area contributed by atoms with Gasteiger partial charge < -0.3 is 14.9 Å². The average Bonchev–Trinajstić information content (AvgIpc) is 2.71. The van der Waals surface area contributed by atoms with Crippen LogP contribution >= 0.6 is 0 Å². The van der Waals surface area contributed by atoms with E-state index in [4.69, 9.17) is 14.9 Å². The van der Waals surface area contributed by atoms with Gasteiger partial charge in [0, 0.05) is 11.8 Å². The first kappa shape index (κ1) is 8.23. The van der Waals surface area contributed by atoms with E-state index >= 15 is 0 Å². The third kappa shape index (κ3) is 0.785. The van der Waals surface area contributed by atoms with Gasteiger partial charge in [0.2, 0.25) is 0 Å². The van der Waals surface area contributed by atoms with Crippen LogP contribution in [0.3, 0.4) is 0 Å². The zero-order chi connectivity index (χ0) is 10.0. The van der Waals surface area contributed by atoms with Crippen molar-refractivity contribution in [1.29, 1.82) is 0 Å². The SMILES string of the molecule is O=C(O)[C@@H]1[C@@H]2C[C@H]([C@@H]3O[C@H]23)[C@H]1C(=O)O. The number of fused-ring (bicyclic) bond motifs is 5. The van der Waals surface area contributed by atoms with Gasteiger partial charge in [0.15, 0.2) is 0 Å². The summed E-state index contributed by atoms with van der Waals surface area (Å²) in [6.07, 6.45) is 0.789. The zero-order valence-electron chi connectivity index (χ0n) is 7.29. The molecule has 0 aromatic carbocycles. The number of ether oxygens (including phenoxy) is 1. The van der Waals surface area contributed by atoms with Gasteiger partial charge in [-0.1, -0.05) is 0 Å². The lowest BCUT2D eigenvalue weighted by Crippen LogP contribution is -2.37. The van der Waals surface area contributed by atoms with Gasteiger partial charge in [-0.15, -0.1) is 0 Å². The molecule has 3 fully saturated rings. The van der Waals surface area contributed by atoms with E-state index in [1.807, 2.05) is 0 Å². The zero-order valence-corrected chi connectivity index (χ0v) is 7.29. The van der Waals surface area contributed by atoms with Gasteiger partial charge >= 0.3 is 11.9 Å². The Morgan fingerprint density at radius 3 is 1.79 bits per heavy atom. The molecule has 5 nitrogen and oxygen atoms in total. The summed E-state index contributed by atoms with van der Waals surface area (Å²) in [5, 5.41) is 17.9. The number of carbonyl (C=O) groups is 2. The van der Waals surface area contributed by atoms with E-state index in [0.717, 1.165) is 0 Å². The second kappa shape index (κ2) is 2.28. The minimum absolute atomic E-state index is 0.0386. The summed E-state index contributed by atoms with van der Waals surface area (Å²) in [6, 6.07) is 0.